The van der Waals surface area contributed by atoms with E-state index in [-0.39, 0.29) is 6.61 Å². The molecule has 0 fully saturated rings. The van der Waals surface area contributed by atoms with Crippen LogP contribution in [0.4, 0.5) is 0 Å². The first kappa shape index (κ1) is 10.8. The van der Waals surface area contributed by atoms with E-state index < -0.39 is 0 Å². The molecular weight excluding hydrogens is 202 g/mol. The summed E-state index contributed by atoms with van der Waals surface area (Å²) in [5.41, 5.74) is 8.30. The van der Waals surface area contributed by atoms with Crippen molar-refractivity contribution in [2.45, 2.75) is 25.7 Å². The molecular formula is C12H17N3O. The van der Waals surface area contributed by atoms with Crippen LogP contribution in [0.2, 0.25) is 0 Å². The van der Waals surface area contributed by atoms with Crippen LogP contribution in [0, 0.1) is 0 Å². The molecule has 0 spiro atoms. The van der Waals surface area contributed by atoms with E-state index in [1.54, 1.807) is 0 Å². The number of ether oxygens (including phenoxy) is 1. The van der Waals surface area contributed by atoms with Crippen molar-refractivity contribution in [2.24, 2.45) is 16.7 Å². The summed E-state index contributed by atoms with van der Waals surface area (Å²) in [6.07, 6.45) is 4.89. The van der Waals surface area contributed by atoms with Gasteiger partial charge in [0.1, 0.15) is 12.4 Å². The van der Waals surface area contributed by atoms with Crippen LogP contribution in [0.1, 0.15) is 24.0 Å². The highest BCUT2D eigenvalue weighted by Gasteiger charge is 2.09. The van der Waals surface area contributed by atoms with E-state index >= 15 is 0 Å². The number of hydrogen-bond donors (Lipinski definition) is 2. The molecule has 0 atom stereocenters. The van der Waals surface area contributed by atoms with Crippen LogP contribution in [0.3, 0.4) is 0 Å². The van der Waals surface area contributed by atoms with Crippen LogP contribution in [0.15, 0.2) is 23.3 Å². The molecule has 1 aliphatic rings. The fourth-order valence-corrected chi connectivity index (χ4v) is 1.99. The fraction of sp³-hybridized carbons (Fsp3) is 0.417. The second-order valence-corrected chi connectivity index (χ2v) is 4.05. The number of aryl methyl sites for hydroxylation is 2. The van der Waals surface area contributed by atoms with E-state index in [0.29, 0.717) is 5.84 Å². The predicted molar refractivity (Wildman–Crippen MR) is 64.4 cm³/mol. The Balaban J connectivity index is 2.05. The summed E-state index contributed by atoms with van der Waals surface area (Å²) < 4.78 is 5.49. The Bertz CT molecular complexity index is 401. The zero-order chi connectivity index (χ0) is 11.4. The molecule has 1 aromatic rings. The van der Waals surface area contributed by atoms with Crippen molar-refractivity contribution in [1.82, 2.24) is 0 Å². The van der Waals surface area contributed by atoms with Gasteiger partial charge in [-0.25, -0.2) is 0 Å². The van der Waals surface area contributed by atoms with Gasteiger partial charge in [-0.3, -0.25) is 0 Å². The van der Waals surface area contributed by atoms with E-state index in [1.165, 1.54) is 30.4 Å². The summed E-state index contributed by atoms with van der Waals surface area (Å²) in [5.74, 6) is 6.17. The predicted octanol–water partition coefficient (Wildman–Crippen LogP) is 1.18. The van der Waals surface area contributed by atoms with Crippen molar-refractivity contribution >= 4 is 5.84 Å². The number of benzene rings is 1. The molecule has 16 heavy (non-hydrogen) atoms. The third kappa shape index (κ3) is 2.45. The third-order valence-electron chi connectivity index (χ3n) is 2.87. The molecule has 0 saturated carbocycles. The van der Waals surface area contributed by atoms with Gasteiger partial charge in [-0.15, -0.1) is 0 Å². The summed E-state index contributed by atoms with van der Waals surface area (Å²) in [6.45, 7) is 0.245. The van der Waals surface area contributed by atoms with E-state index in [0.717, 1.165) is 12.2 Å². The van der Waals surface area contributed by atoms with Gasteiger partial charge < -0.3 is 16.3 Å². The maximum absolute atomic E-state index is 5.49. The van der Waals surface area contributed by atoms with Crippen LogP contribution in [0.25, 0.3) is 0 Å². The Kier molecular flexibility index (Phi) is 3.29. The van der Waals surface area contributed by atoms with Crippen molar-refractivity contribution in [3.63, 3.8) is 0 Å². The number of nitrogens with two attached hydrogens (primary N) is 2. The minimum absolute atomic E-state index is 0.245. The second kappa shape index (κ2) is 4.88. The monoisotopic (exact) mass is 219 g/mol. The molecule has 0 aliphatic heterocycles. The van der Waals surface area contributed by atoms with Gasteiger partial charge in [0.2, 0.25) is 0 Å². The molecule has 4 nitrogen and oxygen atoms in total. The highest BCUT2D eigenvalue weighted by molar-refractivity contribution is 5.81. The van der Waals surface area contributed by atoms with Crippen LogP contribution < -0.4 is 16.3 Å². The fourth-order valence-electron chi connectivity index (χ4n) is 1.99. The molecule has 0 bridgehead atoms. The van der Waals surface area contributed by atoms with Gasteiger partial charge in [0.15, 0.2) is 5.84 Å². The molecule has 1 aromatic carbocycles. The summed E-state index contributed by atoms with van der Waals surface area (Å²) in [4.78, 5) is 0. The molecule has 0 aromatic heterocycles. The van der Waals surface area contributed by atoms with E-state index in [1.807, 2.05) is 6.07 Å². The SMILES string of the molecule is N/N=C(\N)COc1ccc2c(c1)CCCC2. The zero-order valence-electron chi connectivity index (χ0n) is 9.28. The molecule has 0 amide bonds. The summed E-state index contributed by atoms with van der Waals surface area (Å²) in [7, 11) is 0. The molecule has 1 aliphatic carbocycles. The van der Waals surface area contributed by atoms with E-state index in [4.69, 9.17) is 16.3 Å². The first-order valence-corrected chi connectivity index (χ1v) is 5.56. The molecule has 2 rings (SSSR count). The van der Waals surface area contributed by atoms with Crippen LogP contribution in [-0.2, 0) is 12.8 Å². The lowest BCUT2D eigenvalue weighted by Crippen LogP contribution is -2.22. The van der Waals surface area contributed by atoms with Gasteiger partial charge in [-0.1, -0.05) is 6.07 Å². The zero-order valence-corrected chi connectivity index (χ0v) is 9.28. The van der Waals surface area contributed by atoms with Crippen molar-refractivity contribution < 1.29 is 4.74 Å². The third-order valence-corrected chi connectivity index (χ3v) is 2.87. The number of fused-ring (bicyclic) bond motifs is 1. The number of hydrogen-bond acceptors (Lipinski definition) is 3. The second-order valence-electron chi connectivity index (χ2n) is 4.05. The minimum Gasteiger partial charge on any atom is -0.486 e. The molecule has 0 saturated heterocycles. The van der Waals surface area contributed by atoms with E-state index in [9.17, 15) is 0 Å². The Hall–Kier alpha value is -1.71. The van der Waals surface area contributed by atoms with Crippen LogP contribution in [-0.4, -0.2) is 12.4 Å². The van der Waals surface area contributed by atoms with Gasteiger partial charge in [-0.2, -0.15) is 5.10 Å². The smallest absolute Gasteiger partial charge is 0.157 e. The standard InChI is InChI=1S/C12H17N3O/c13-12(15-14)8-16-11-6-5-9-3-1-2-4-10(9)7-11/h5-7H,1-4,8,14H2,(H2,13,15). The van der Waals surface area contributed by atoms with Crippen LogP contribution in [0.5, 0.6) is 5.75 Å². The lowest BCUT2D eigenvalue weighted by atomic mass is 9.92. The van der Waals surface area contributed by atoms with Crippen molar-refractivity contribution in [2.75, 3.05) is 6.61 Å². The number of hydrazone groups is 1. The number of nitrogens with zero attached hydrogens (tertiary/aromatic N) is 1. The van der Waals surface area contributed by atoms with Gasteiger partial charge in [0.25, 0.3) is 0 Å². The largest absolute Gasteiger partial charge is 0.486 e. The van der Waals surface area contributed by atoms with Gasteiger partial charge in [0, 0.05) is 0 Å². The summed E-state index contributed by atoms with van der Waals surface area (Å²) in [6, 6.07) is 6.21. The molecule has 0 unspecified atom stereocenters. The summed E-state index contributed by atoms with van der Waals surface area (Å²) >= 11 is 0. The highest BCUT2D eigenvalue weighted by Crippen LogP contribution is 2.25. The maximum atomic E-state index is 5.49. The lowest BCUT2D eigenvalue weighted by molar-refractivity contribution is 0.374. The Morgan fingerprint density at radius 2 is 2.00 bits per heavy atom. The first-order chi connectivity index (χ1) is 7.79. The van der Waals surface area contributed by atoms with Crippen molar-refractivity contribution in [1.29, 1.82) is 0 Å². The Morgan fingerprint density at radius 3 is 2.75 bits per heavy atom. The van der Waals surface area contributed by atoms with Crippen LogP contribution >= 0.6 is 0 Å². The van der Waals surface area contributed by atoms with Crippen molar-refractivity contribution in [3.05, 3.63) is 29.3 Å². The van der Waals surface area contributed by atoms with Crippen molar-refractivity contribution in [3.8, 4) is 5.75 Å². The number of rotatable bonds is 3. The average molecular weight is 219 g/mol. The average Bonchev–Trinajstić information content (AvgIpc) is 2.35. The highest BCUT2D eigenvalue weighted by atomic mass is 16.5. The normalized spacial score (nSPS) is 15.6. The number of amidine groups is 1. The van der Waals surface area contributed by atoms with Gasteiger partial charge in [0.05, 0.1) is 0 Å². The maximum Gasteiger partial charge on any atom is 0.157 e. The van der Waals surface area contributed by atoms with Gasteiger partial charge in [-0.05, 0) is 48.9 Å². The lowest BCUT2D eigenvalue weighted by Gasteiger charge is -2.16. The molecule has 86 valence electrons. The molecule has 0 radical (unpaired) electrons. The Labute approximate surface area is 95.3 Å². The summed E-state index contributed by atoms with van der Waals surface area (Å²) in [5, 5.41) is 3.36. The quantitative estimate of drug-likeness (QED) is 0.347. The van der Waals surface area contributed by atoms with Gasteiger partial charge >= 0.3 is 0 Å². The Morgan fingerprint density at radius 1 is 1.25 bits per heavy atom. The molecule has 4 N–H and O–H groups in total. The van der Waals surface area contributed by atoms with E-state index in [2.05, 4.69) is 17.2 Å². The molecule has 0 heterocycles. The topological polar surface area (TPSA) is 73.6 Å². The molecule has 4 heteroatoms. The first-order valence-electron chi connectivity index (χ1n) is 5.56. The minimum atomic E-state index is 0.245.